The second-order valence-electron chi connectivity index (χ2n) is 3.08. The van der Waals surface area contributed by atoms with Gasteiger partial charge in [0.25, 0.3) is 0 Å². The monoisotopic (exact) mass is 157 g/mol. The molecule has 1 unspecified atom stereocenters. The minimum atomic E-state index is -0.710. The van der Waals surface area contributed by atoms with Crippen LogP contribution in [0, 0.1) is 0 Å². The molecule has 2 rings (SSSR count). The lowest BCUT2D eigenvalue weighted by molar-refractivity contribution is -0.142. The lowest BCUT2D eigenvalue weighted by Gasteiger charge is -2.23. The Bertz CT molecular complexity index is 183. The third-order valence-corrected chi connectivity index (χ3v) is 2.38. The van der Waals surface area contributed by atoms with Crippen LogP contribution in [0.5, 0.6) is 0 Å². The molecule has 11 heavy (non-hydrogen) atoms. The van der Waals surface area contributed by atoms with Crippen molar-refractivity contribution in [3.8, 4) is 0 Å². The van der Waals surface area contributed by atoms with Gasteiger partial charge in [0.05, 0.1) is 12.7 Å². The van der Waals surface area contributed by atoms with Crippen molar-refractivity contribution in [3.05, 3.63) is 0 Å². The highest BCUT2D eigenvalue weighted by Gasteiger charge is 2.39. The summed E-state index contributed by atoms with van der Waals surface area (Å²) >= 11 is 0. The summed E-state index contributed by atoms with van der Waals surface area (Å²) in [5, 5.41) is 8.76. The zero-order valence-corrected chi connectivity index (χ0v) is 6.19. The van der Waals surface area contributed by atoms with Crippen LogP contribution >= 0.6 is 0 Å². The first-order valence-corrected chi connectivity index (χ1v) is 3.86. The summed E-state index contributed by atoms with van der Waals surface area (Å²) in [7, 11) is 0. The summed E-state index contributed by atoms with van der Waals surface area (Å²) in [6.45, 7) is 2.26. The maximum atomic E-state index is 10.6. The summed E-state index contributed by atoms with van der Waals surface area (Å²) in [4.78, 5) is 12.6. The molecule has 0 spiro atoms. The van der Waals surface area contributed by atoms with E-state index >= 15 is 0 Å². The number of rotatable bonds is 1. The number of hydrogen-bond donors (Lipinski definition) is 1. The maximum Gasteiger partial charge on any atom is 0.321 e. The van der Waals surface area contributed by atoms with Crippen molar-refractivity contribution < 1.29 is 14.6 Å². The summed E-state index contributed by atoms with van der Waals surface area (Å²) in [6, 6.07) is -0.289. The van der Waals surface area contributed by atoms with Gasteiger partial charge in [-0.3, -0.25) is 9.69 Å². The molecule has 4 heteroatoms. The fourth-order valence-electron chi connectivity index (χ4n) is 1.82. The van der Waals surface area contributed by atoms with Crippen LogP contribution < -0.4 is 0 Å². The topological polar surface area (TPSA) is 49.8 Å². The van der Waals surface area contributed by atoms with Crippen molar-refractivity contribution in [1.82, 2.24) is 4.90 Å². The number of carboxylic acids is 1. The van der Waals surface area contributed by atoms with Crippen molar-refractivity contribution in [2.45, 2.75) is 18.6 Å². The molecule has 0 radical (unpaired) electrons. The Balaban J connectivity index is 2.08. The number of hydrogen-bond acceptors (Lipinski definition) is 3. The summed E-state index contributed by atoms with van der Waals surface area (Å²) < 4.78 is 5.34. The number of carboxylic acid groups (broad SMARTS) is 1. The third kappa shape index (κ3) is 1.12. The van der Waals surface area contributed by atoms with E-state index < -0.39 is 5.97 Å². The molecular weight excluding hydrogens is 146 g/mol. The van der Waals surface area contributed by atoms with Gasteiger partial charge < -0.3 is 9.84 Å². The highest BCUT2D eigenvalue weighted by atomic mass is 16.5. The highest BCUT2D eigenvalue weighted by molar-refractivity contribution is 5.74. The zero-order chi connectivity index (χ0) is 7.84. The summed E-state index contributed by atoms with van der Waals surface area (Å²) in [5.74, 6) is -0.710. The molecule has 0 aromatic heterocycles. The van der Waals surface area contributed by atoms with E-state index in [0.29, 0.717) is 13.0 Å². The predicted molar refractivity (Wildman–Crippen MR) is 37.4 cm³/mol. The SMILES string of the molecule is O=C(O)[C@@H]1C[C@@H]2CN1CCO2. The van der Waals surface area contributed by atoms with Crippen LogP contribution in [0.15, 0.2) is 0 Å². The molecule has 2 saturated heterocycles. The van der Waals surface area contributed by atoms with Crippen LogP contribution in [0.1, 0.15) is 6.42 Å². The van der Waals surface area contributed by atoms with Crippen LogP contribution in [0.2, 0.25) is 0 Å². The first-order valence-electron chi connectivity index (χ1n) is 3.86. The van der Waals surface area contributed by atoms with Crippen LogP contribution in [0.4, 0.5) is 0 Å². The van der Waals surface area contributed by atoms with E-state index in [0.717, 1.165) is 13.1 Å². The number of aliphatic carboxylic acids is 1. The molecule has 4 nitrogen and oxygen atoms in total. The number of ether oxygens (including phenoxy) is 1. The number of morpholine rings is 1. The van der Waals surface area contributed by atoms with E-state index in [1.54, 1.807) is 0 Å². The summed E-state index contributed by atoms with van der Waals surface area (Å²) in [6.07, 6.45) is 0.833. The van der Waals surface area contributed by atoms with Crippen LogP contribution in [0.25, 0.3) is 0 Å². The van der Waals surface area contributed by atoms with E-state index in [2.05, 4.69) is 0 Å². The van der Waals surface area contributed by atoms with Crippen molar-refractivity contribution in [3.63, 3.8) is 0 Å². The maximum absolute atomic E-state index is 10.6. The molecular formula is C7H11NO3. The second-order valence-corrected chi connectivity index (χ2v) is 3.08. The average Bonchev–Trinajstić information content (AvgIpc) is 2.27. The van der Waals surface area contributed by atoms with E-state index in [1.807, 2.05) is 4.90 Å². The first-order chi connectivity index (χ1) is 5.27. The van der Waals surface area contributed by atoms with Gasteiger partial charge in [-0.25, -0.2) is 0 Å². The van der Waals surface area contributed by atoms with Gasteiger partial charge in [0.15, 0.2) is 0 Å². The van der Waals surface area contributed by atoms with Gasteiger partial charge in [-0.05, 0) is 0 Å². The Morgan fingerprint density at radius 1 is 1.64 bits per heavy atom. The van der Waals surface area contributed by atoms with Crippen molar-refractivity contribution in [2.24, 2.45) is 0 Å². The Labute approximate surface area is 64.7 Å². The molecule has 0 aromatic rings. The number of carbonyl (C=O) groups is 1. The molecule has 0 amide bonds. The lowest BCUT2D eigenvalue weighted by Crippen LogP contribution is -2.40. The smallest absolute Gasteiger partial charge is 0.321 e. The average molecular weight is 157 g/mol. The van der Waals surface area contributed by atoms with Gasteiger partial charge in [-0.1, -0.05) is 0 Å². The molecule has 0 saturated carbocycles. The minimum absolute atomic E-state index is 0.171. The Morgan fingerprint density at radius 2 is 2.45 bits per heavy atom. The van der Waals surface area contributed by atoms with E-state index in [1.165, 1.54) is 0 Å². The normalized spacial score (nSPS) is 42.4. The van der Waals surface area contributed by atoms with E-state index in [-0.39, 0.29) is 12.1 Å². The fraction of sp³-hybridized carbons (Fsp3) is 0.857. The molecule has 2 bridgehead atoms. The fourth-order valence-corrected chi connectivity index (χ4v) is 1.82. The van der Waals surface area contributed by atoms with Gasteiger partial charge in [-0.15, -0.1) is 0 Å². The molecule has 2 fully saturated rings. The zero-order valence-electron chi connectivity index (χ0n) is 6.19. The lowest BCUT2D eigenvalue weighted by atomic mass is 10.2. The van der Waals surface area contributed by atoms with Gasteiger partial charge in [0.1, 0.15) is 6.04 Å². The Hall–Kier alpha value is -0.610. The van der Waals surface area contributed by atoms with E-state index in [4.69, 9.17) is 9.84 Å². The van der Waals surface area contributed by atoms with Crippen molar-refractivity contribution in [1.29, 1.82) is 0 Å². The molecule has 2 heterocycles. The van der Waals surface area contributed by atoms with Gasteiger partial charge in [0.2, 0.25) is 0 Å². The molecule has 62 valence electrons. The van der Waals surface area contributed by atoms with Gasteiger partial charge in [-0.2, -0.15) is 0 Å². The molecule has 3 atom stereocenters. The van der Waals surface area contributed by atoms with Crippen LogP contribution in [-0.4, -0.2) is 47.8 Å². The van der Waals surface area contributed by atoms with Gasteiger partial charge >= 0.3 is 5.97 Å². The van der Waals surface area contributed by atoms with Crippen molar-refractivity contribution in [2.75, 3.05) is 19.7 Å². The molecule has 1 N–H and O–H groups in total. The summed E-state index contributed by atoms with van der Waals surface area (Å²) in [5.41, 5.74) is 0. The quantitative estimate of drug-likeness (QED) is 0.559. The number of fused-ring (bicyclic) bond motifs is 2. The second kappa shape index (κ2) is 2.46. The third-order valence-electron chi connectivity index (χ3n) is 2.38. The first kappa shape index (κ1) is 7.06. The number of nitrogens with zero attached hydrogens (tertiary/aromatic N) is 1. The Kier molecular flexibility index (Phi) is 1.58. The molecule has 2 aliphatic rings. The minimum Gasteiger partial charge on any atom is -0.480 e. The van der Waals surface area contributed by atoms with Crippen molar-refractivity contribution >= 4 is 5.97 Å². The van der Waals surface area contributed by atoms with Crippen LogP contribution in [0.3, 0.4) is 0 Å². The Morgan fingerprint density at radius 3 is 3.09 bits per heavy atom. The van der Waals surface area contributed by atoms with Gasteiger partial charge in [0, 0.05) is 19.5 Å². The molecule has 0 aromatic carbocycles. The molecule has 2 aliphatic heterocycles. The standard InChI is InChI=1S/C7H11NO3/c9-7(10)6-3-5-4-8(6)1-2-11-5/h5-6H,1-4H2,(H,9,10)/t5-,6+/m1/s1. The molecule has 0 aliphatic carbocycles. The predicted octanol–water partition coefficient (Wildman–Crippen LogP) is -0.456. The highest BCUT2D eigenvalue weighted by Crippen LogP contribution is 2.23. The van der Waals surface area contributed by atoms with E-state index in [9.17, 15) is 4.79 Å². The van der Waals surface area contributed by atoms with Crippen LogP contribution in [-0.2, 0) is 9.53 Å². The largest absolute Gasteiger partial charge is 0.480 e.